The van der Waals surface area contributed by atoms with Crippen molar-refractivity contribution < 1.29 is 14.3 Å². The van der Waals surface area contributed by atoms with Crippen LogP contribution in [-0.2, 0) is 27.4 Å². The molecule has 0 unspecified atom stereocenters. The van der Waals surface area contributed by atoms with Crippen molar-refractivity contribution in [1.29, 1.82) is 0 Å². The normalized spacial score (nSPS) is 20.1. The summed E-state index contributed by atoms with van der Waals surface area (Å²) in [4.78, 5) is 15.1. The molecule has 146 valence electrons. The Kier molecular flexibility index (Phi) is 5.76. The molecule has 2 fully saturated rings. The van der Waals surface area contributed by atoms with Crippen LogP contribution < -0.4 is 5.32 Å². The number of aryl methyl sites for hydroxylation is 1. The van der Waals surface area contributed by atoms with E-state index in [2.05, 4.69) is 40.3 Å². The Morgan fingerprint density at radius 2 is 2.22 bits per heavy atom. The van der Waals surface area contributed by atoms with Crippen LogP contribution in [0.15, 0.2) is 30.5 Å². The van der Waals surface area contributed by atoms with Gasteiger partial charge in [-0.1, -0.05) is 18.2 Å². The van der Waals surface area contributed by atoms with Gasteiger partial charge in [0.1, 0.15) is 6.10 Å². The molecule has 1 atom stereocenters. The summed E-state index contributed by atoms with van der Waals surface area (Å²) in [6, 6.07) is 8.82. The molecule has 2 aliphatic rings. The van der Waals surface area contributed by atoms with E-state index in [4.69, 9.17) is 9.47 Å². The molecule has 1 aromatic heterocycles. The van der Waals surface area contributed by atoms with Crippen molar-refractivity contribution in [2.75, 3.05) is 33.4 Å². The summed E-state index contributed by atoms with van der Waals surface area (Å²) in [7, 11) is 1.74. The number of benzene rings is 1. The lowest BCUT2D eigenvalue weighted by Crippen LogP contribution is -2.49. The van der Waals surface area contributed by atoms with Gasteiger partial charge in [-0.15, -0.1) is 0 Å². The number of morpholine rings is 1. The minimum Gasteiger partial charge on any atom is -0.385 e. The number of hydrogen-bond donors (Lipinski definition) is 1. The fourth-order valence-corrected chi connectivity index (χ4v) is 3.88. The summed E-state index contributed by atoms with van der Waals surface area (Å²) < 4.78 is 13.2. The van der Waals surface area contributed by atoms with Gasteiger partial charge < -0.3 is 24.3 Å². The van der Waals surface area contributed by atoms with Gasteiger partial charge in [-0.05, 0) is 30.9 Å². The summed E-state index contributed by atoms with van der Waals surface area (Å²) in [5, 5.41) is 4.50. The third kappa shape index (κ3) is 4.18. The average molecular weight is 371 g/mol. The van der Waals surface area contributed by atoms with Crippen molar-refractivity contribution in [3.8, 4) is 0 Å². The van der Waals surface area contributed by atoms with Crippen LogP contribution in [0, 0.1) is 0 Å². The molecule has 1 aromatic carbocycles. The minimum atomic E-state index is -0.352. The van der Waals surface area contributed by atoms with Gasteiger partial charge in [0.25, 0.3) is 5.91 Å². The monoisotopic (exact) mass is 371 g/mol. The second kappa shape index (κ2) is 8.42. The molecule has 6 nitrogen and oxygen atoms in total. The molecule has 1 N–H and O–H groups in total. The van der Waals surface area contributed by atoms with Gasteiger partial charge in [-0.3, -0.25) is 4.79 Å². The Hall–Kier alpha value is -1.89. The van der Waals surface area contributed by atoms with Crippen LogP contribution in [0.4, 0.5) is 0 Å². The molecule has 1 saturated heterocycles. The molecule has 1 amide bonds. The average Bonchev–Trinajstić information content (AvgIpc) is 3.50. The van der Waals surface area contributed by atoms with Gasteiger partial charge in [0.15, 0.2) is 0 Å². The van der Waals surface area contributed by atoms with Crippen molar-refractivity contribution in [2.45, 2.75) is 44.5 Å². The van der Waals surface area contributed by atoms with Crippen LogP contribution in [0.1, 0.15) is 24.8 Å². The van der Waals surface area contributed by atoms with E-state index in [-0.39, 0.29) is 12.0 Å². The molecule has 1 aliphatic carbocycles. The summed E-state index contributed by atoms with van der Waals surface area (Å²) in [6.45, 7) is 4.36. The highest BCUT2D eigenvalue weighted by molar-refractivity contribution is 5.86. The zero-order chi connectivity index (χ0) is 18.6. The maximum absolute atomic E-state index is 13.1. The molecule has 0 bridgehead atoms. The molecule has 1 saturated carbocycles. The number of nitrogens with one attached hydrogen (secondary N) is 1. The fourth-order valence-electron chi connectivity index (χ4n) is 3.88. The number of para-hydroxylation sites is 1. The van der Waals surface area contributed by atoms with E-state index in [1.807, 2.05) is 4.90 Å². The quantitative estimate of drug-likeness (QED) is 0.723. The lowest BCUT2D eigenvalue weighted by atomic mass is 10.1. The van der Waals surface area contributed by atoms with Crippen LogP contribution in [0.25, 0.3) is 10.9 Å². The Balaban J connectivity index is 1.56. The standard InChI is InChI=1S/C21H29N3O3/c1-26-11-4-10-23-14-16(18-5-2-3-6-19(18)23)15-24(17-7-8-17)21(25)20-13-22-9-12-27-20/h2-3,5-6,14,17,20,22H,4,7-13,15H2,1H3/t20-/m1/s1. The molecule has 4 rings (SSSR count). The molecular formula is C21H29N3O3. The zero-order valence-corrected chi connectivity index (χ0v) is 16.0. The third-order valence-electron chi connectivity index (χ3n) is 5.43. The highest BCUT2D eigenvalue weighted by atomic mass is 16.5. The Morgan fingerprint density at radius 1 is 1.37 bits per heavy atom. The molecule has 2 heterocycles. The number of amides is 1. The topological polar surface area (TPSA) is 55.7 Å². The number of rotatable bonds is 8. The Labute approximate surface area is 160 Å². The van der Waals surface area contributed by atoms with Gasteiger partial charge in [-0.2, -0.15) is 0 Å². The lowest BCUT2D eigenvalue weighted by Gasteiger charge is -2.30. The Morgan fingerprint density at radius 3 is 2.96 bits per heavy atom. The second-order valence-corrected chi connectivity index (χ2v) is 7.47. The molecule has 2 aromatic rings. The summed E-state index contributed by atoms with van der Waals surface area (Å²) in [5.74, 6) is 0.126. The molecule has 0 radical (unpaired) electrons. The number of hydrogen-bond acceptors (Lipinski definition) is 4. The highest BCUT2D eigenvalue weighted by Crippen LogP contribution is 2.31. The SMILES string of the molecule is COCCCn1cc(CN(C(=O)[C@H]2CNCCO2)C2CC2)c2ccccc21. The van der Waals surface area contributed by atoms with Crippen LogP contribution in [0.2, 0.25) is 0 Å². The van der Waals surface area contributed by atoms with E-state index in [1.165, 1.54) is 16.5 Å². The van der Waals surface area contributed by atoms with E-state index in [0.717, 1.165) is 39.0 Å². The number of ether oxygens (including phenoxy) is 2. The second-order valence-electron chi connectivity index (χ2n) is 7.47. The fraction of sp³-hybridized carbons (Fsp3) is 0.571. The molecule has 27 heavy (non-hydrogen) atoms. The van der Waals surface area contributed by atoms with Gasteiger partial charge in [0, 0.05) is 63.0 Å². The zero-order valence-electron chi connectivity index (χ0n) is 16.0. The van der Waals surface area contributed by atoms with Crippen molar-refractivity contribution in [1.82, 2.24) is 14.8 Å². The molecule has 0 spiro atoms. The van der Waals surface area contributed by atoms with E-state index in [9.17, 15) is 4.79 Å². The van der Waals surface area contributed by atoms with Crippen molar-refractivity contribution >= 4 is 16.8 Å². The van der Waals surface area contributed by atoms with Crippen LogP contribution in [-0.4, -0.2) is 60.9 Å². The van der Waals surface area contributed by atoms with Crippen molar-refractivity contribution in [2.24, 2.45) is 0 Å². The van der Waals surface area contributed by atoms with Gasteiger partial charge in [-0.25, -0.2) is 0 Å². The first-order valence-corrected chi connectivity index (χ1v) is 9.96. The predicted molar refractivity (Wildman–Crippen MR) is 105 cm³/mol. The number of aromatic nitrogens is 1. The molecule has 6 heteroatoms. The lowest BCUT2D eigenvalue weighted by molar-refractivity contribution is -0.146. The van der Waals surface area contributed by atoms with Crippen LogP contribution >= 0.6 is 0 Å². The maximum atomic E-state index is 13.1. The van der Waals surface area contributed by atoms with E-state index in [1.54, 1.807) is 7.11 Å². The first-order chi connectivity index (χ1) is 13.3. The van der Waals surface area contributed by atoms with Crippen molar-refractivity contribution in [3.63, 3.8) is 0 Å². The van der Waals surface area contributed by atoms with Crippen molar-refractivity contribution in [3.05, 3.63) is 36.0 Å². The highest BCUT2D eigenvalue weighted by Gasteiger charge is 2.37. The van der Waals surface area contributed by atoms with Crippen LogP contribution in [0.3, 0.4) is 0 Å². The number of carbonyl (C=O) groups is 1. The summed E-state index contributed by atoms with van der Waals surface area (Å²) in [6.07, 6.45) is 5.02. The van der Waals surface area contributed by atoms with Crippen LogP contribution in [0.5, 0.6) is 0 Å². The number of carbonyl (C=O) groups excluding carboxylic acids is 1. The number of methoxy groups -OCH3 is 1. The minimum absolute atomic E-state index is 0.126. The van der Waals surface area contributed by atoms with E-state index < -0.39 is 0 Å². The number of fused-ring (bicyclic) bond motifs is 1. The predicted octanol–water partition coefficient (Wildman–Crippen LogP) is 2.16. The van der Waals surface area contributed by atoms with E-state index in [0.29, 0.717) is 25.7 Å². The number of nitrogens with zero attached hydrogens (tertiary/aromatic N) is 2. The Bertz CT molecular complexity index is 778. The smallest absolute Gasteiger partial charge is 0.253 e. The third-order valence-corrected chi connectivity index (χ3v) is 5.43. The van der Waals surface area contributed by atoms with E-state index >= 15 is 0 Å². The first kappa shape index (κ1) is 18.5. The van der Waals surface area contributed by atoms with Gasteiger partial charge in [0.2, 0.25) is 0 Å². The molecule has 1 aliphatic heterocycles. The first-order valence-electron chi connectivity index (χ1n) is 9.96. The summed E-state index contributed by atoms with van der Waals surface area (Å²) >= 11 is 0. The van der Waals surface area contributed by atoms with Gasteiger partial charge >= 0.3 is 0 Å². The van der Waals surface area contributed by atoms with Gasteiger partial charge in [0.05, 0.1) is 6.61 Å². The summed E-state index contributed by atoms with van der Waals surface area (Å²) in [5.41, 5.74) is 2.44. The maximum Gasteiger partial charge on any atom is 0.253 e. The largest absolute Gasteiger partial charge is 0.385 e. The molecular weight excluding hydrogens is 342 g/mol.